The Hall–Kier alpha value is -2.67. The molecule has 0 N–H and O–H groups in total. The fourth-order valence-corrected chi connectivity index (χ4v) is 3.97. The van der Waals surface area contributed by atoms with E-state index in [1.165, 1.54) is 0 Å². The van der Waals surface area contributed by atoms with Gasteiger partial charge in [0.25, 0.3) is 0 Å². The number of pyridine rings is 1. The molecule has 6 nitrogen and oxygen atoms in total. The Morgan fingerprint density at radius 2 is 2.15 bits per heavy atom. The highest BCUT2D eigenvalue weighted by molar-refractivity contribution is 7.18. The number of thiazole rings is 1. The van der Waals surface area contributed by atoms with Crippen molar-refractivity contribution in [3.05, 3.63) is 47.8 Å². The van der Waals surface area contributed by atoms with E-state index < -0.39 is 0 Å². The van der Waals surface area contributed by atoms with Gasteiger partial charge in [-0.2, -0.15) is 0 Å². The first-order valence-electron chi connectivity index (χ1n) is 8.69. The molecule has 7 heteroatoms. The molecule has 0 aliphatic heterocycles. The van der Waals surface area contributed by atoms with Crippen molar-refractivity contribution >= 4 is 17.0 Å². The maximum absolute atomic E-state index is 5.26. The van der Waals surface area contributed by atoms with E-state index in [4.69, 9.17) is 14.8 Å². The highest BCUT2D eigenvalue weighted by Gasteiger charge is 2.21. The van der Waals surface area contributed by atoms with Crippen LogP contribution in [0.5, 0.6) is 0 Å². The normalized spacial score (nSPS) is 15.1. The number of fused-ring (bicyclic) bond motifs is 1. The lowest BCUT2D eigenvalue weighted by molar-refractivity contribution is 0.158. The average Bonchev–Trinajstić information content (AvgIpc) is 3.08. The smallest absolute Gasteiger partial charge is 0.125 e. The Morgan fingerprint density at radius 3 is 2.96 bits per heavy atom. The topological polar surface area (TPSA) is 73.2 Å². The van der Waals surface area contributed by atoms with E-state index in [1.807, 2.05) is 38.4 Å². The fraction of sp³-hybridized carbons (Fsp3) is 0.316. The van der Waals surface area contributed by atoms with Crippen LogP contribution in [0.4, 0.5) is 0 Å². The Labute approximate surface area is 156 Å². The zero-order chi connectivity index (χ0) is 17.9. The summed E-state index contributed by atoms with van der Waals surface area (Å²) in [5.74, 6) is 0. The molecule has 0 bridgehead atoms. The predicted molar refractivity (Wildman–Crippen MR) is 102 cm³/mol. The molecule has 0 unspecified atom stereocenters. The third kappa shape index (κ3) is 3.22. The Bertz CT molecular complexity index is 952. The summed E-state index contributed by atoms with van der Waals surface area (Å²) in [7, 11) is 0. The molecule has 0 radical (unpaired) electrons. The maximum Gasteiger partial charge on any atom is 0.125 e. The quantitative estimate of drug-likeness (QED) is 0.652. The summed E-state index contributed by atoms with van der Waals surface area (Å²) in [6, 6.07) is 3.93. The van der Waals surface area contributed by atoms with Crippen molar-refractivity contribution in [1.82, 2.24) is 19.9 Å². The van der Waals surface area contributed by atoms with Gasteiger partial charge in [-0.15, -0.1) is 11.3 Å². The van der Waals surface area contributed by atoms with Gasteiger partial charge in [0.15, 0.2) is 0 Å². The first-order valence-corrected chi connectivity index (χ1v) is 9.51. The van der Waals surface area contributed by atoms with Crippen LogP contribution in [0, 0.1) is 6.92 Å². The molecule has 132 valence electrons. The number of aryl methyl sites for hydroxylation is 2. The van der Waals surface area contributed by atoms with Crippen LogP contribution in [0.25, 0.3) is 21.1 Å². The number of nitrogens with zero attached hydrogens (tertiary/aromatic N) is 5. The van der Waals surface area contributed by atoms with Gasteiger partial charge in [0.2, 0.25) is 0 Å². The maximum atomic E-state index is 5.26. The van der Waals surface area contributed by atoms with E-state index in [0.29, 0.717) is 6.61 Å². The van der Waals surface area contributed by atoms with Gasteiger partial charge < -0.3 is 4.84 Å². The van der Waals surface area contributed by atoms with E-state index in [9.17, 15) is 0 Å². The summed E-state index contributed by atoms with van der Waals surface area (Å²) in [6.45, 7) is 4.48. The van der Waals surface area contributed by atoms with E-state index in [2.05, 4.69) is 15.1 Å². The van der Waals surface area contributed by atoms with Gasteiger partial charge in [0, 0.05) is 18.0 Å². The molecule has 0 saturated heterocycles. The van der Waals surface area contributed by atoms with Crippen LogP contribution in [-0.4, -0.2) is 32.3 Å². The molecular formula is C19H19N5OS. The molecular weight excluding hydrogens is 346 g/mol. The molecule has 0 fully saturated rings. The first kappa shape index (κ1) is 16.8. The van der Waals surface area contributed by atoms with Gasteiger partial charge in [0.05, 0.1) is 22.5 Å². The molecule has 3 heterocycles. The summed E-state index contributed by atoms with van der Waals surface area (Å²) in [5.41, 5.74) is 5.53. The van der Waals surface area contributed by atoms with E-state index in [-0.39, 0.29) is 0 Å². The lowest BCUT2D eigenvalue weighted by atomic mass is 9.98. The van der Waals surface area contributed by atoms with Crippen LogP contribution in [0.2, 0.25) is 0 Å². The second-order valence-electron chi connectivity index (χ2n) is 6.04. The van der Waals surface area contributed by atoms with E-state index in [1.54, 1.807) is 17.5 Å². The van der Waals surface area contributed by atoms with Crippen LogP contribution in [-0.2, 0) is 11.3 Å². The van der Waals surface area contributed by atoms with Crippen LogP contribution in [0.15, 0.2) is 35.9 Å². The van der Waals surface area contributed by atoms with Crippen molar-refractivity contribution in [2.24, 2.45) is 5.16 Å². The van der Waals surface area contributed by atoms with Crippen LogP contribution < -0.4 is 0 Å². The highest BCUT2D eigenvalue weighted by atomic mass is 32.1. The Balaban J connectivity index is 1.74. The van der Waals surface area contributed by atoms with Gasteiger partial charge in [-0.05, 0) is 45.2 Å². The van der Waals surface area contributed by atoms with Gasteiger partial charge in [0.1, 0.15) is 28.7 Å². The Kier molecular flexibility index (Phi) is 4.71. The number of rotatable bonds is 4. The van der Waals surface area contributed by atoms with Crippen molar-refractivity contribution in [3.8, 4) is 21.1 Å². The molecule has 0 spiro atoms. The molecule has 3 aromatic heterocycles. The van der Waals surface area contributed by atoms with E-state index >= 15 is 0 Å². The van der Waals surface area contributed by atoms with Crippen LogP contribution in [0.1, 0.15) is 36.8 Å². The van der Waals surface area contributed by atoms with Crippen LogP contribution >= 0.6 is 11.3 Å². The predicted octanol–water partition coefficient (Wildman–Crippen LogP) is 4.05. The zero-order valence-corrected chi connectivity index (χ0v) is 15.6. The van der Waals surface area contributed by atoms with Crippen molar-refractivity contribution < 1.29 is 4.84 Å². The van der Waals surface area contributed by atoms with Gasteiger partial charge in [-0.3, -0.25) is 9.97 Å². The number of aromatic nitrogens is 4. The lowest BCUT2D eigenvalue weighted by Crippen LogP contribution is -2.16. The SMILES string of the molecule is CCO/N=C1\CCCc2ncc(-c3sc(-c4cccnc4)nc3C)nc21. The lowest BCUT2D eigenvalue weighted by Gasteiger charge is -2.16. The summed E-state index contributed by atoms with van der Waals surface area (Å²) >= 11 is 1.61. The summed E-state index contributed by atoms with van der Waals surface area (Å²) in [5, 5.41) is 5.18. The average molecular weight is 365 g/mol. The third-order valence-corrected chi connectivity index (χ3v) is 5.42. The molecule has 0 aromatic carbocycles. The molecule has 0 saturated carbocycles. The van der Waals surface area contributed by atoms with E-state index in [0.717, 1.165) is 63.2 Å². The third-order valence-electron chi connectivity index (χ3n) is 4.19. The summed E-state index contributed by atoms with van der Waals surface area (Å²) in [4.78, 5) is 24.7. The standard InChI is InChI=1S/C19H19N5OS/c1-3-25-24-15-8-4-7-14-17(15)23-16(11-21-14)18-12(2)22-19(26-18)13-6-5-9-20-10-13/h5-6,9-11H,3-4,7-8H2,1-2H3/b24-15+. The van der Waals surface area contributed by atoms with Gasteiger partial charge in [-0.25, -0.2) is 9.97 Å². The van der Waals surface area contributed by atoms with Crippen molar-refractivity contribution in [1.29, 1.82) is 0 Å². The molecule has 1 aliphatic rings. The molecule has 3 aromatic rings. The highest BCUT2D eigenvalue weighted by Crippen LogP contribution is 2.34. The Morgan fingerprint density at radius 1 is 1.23 bits per heavy atom. The van der Waals surface area contributed by atoms with Crippen LogP contribution in [0.3, 0.4) is 0 Å². The zero-order valence-electron chi connectivity index (χ0n) is 14.8. The molecule has 0 atom stereocenters. The number of oxime groups is 1. The number of hydrogen-bond acceptors (Lipinski definition) is 7. The fourth-order valence-electron chi connectivity index (χ4n) is 2.96. The largest absolute Gasteiger partial charge is 0.396 e. The van der Waals surface area contributed by atoms with Crippen molar-refractivity contribution in [3.63, 3.8) is 0 Å². The molecule has 4 rings (SSSR count). The molecule has 26 heavy (non-hydrogen) atoms. The summed E-state index contributed by atoms with van der Waals surface area (Å²) in [6.07, 6.45) is 8.25. The summed E-state index contributed by atoms with van der Waals surface area (Å²) < 4.78 is 0. The first-order chi connectivity index (χ1) is 12.8. The van der Waals surface area contributed by atoms with Gasteiger partial charge >= 0.3 is 0 Å². The molecule has 1 aliphatic carbocycles. The molecule has 0 amide bonds. The minimum absolute atomic E-state index is 0.550. The second kappa shape index (κ2) is 7.29. The number of hydrogen-bond donors (Lipinski definition) is 0. The minimum atomic E-state index is 0.550. The van der Waals surface area contributed by atoms with Crippen molar-refractivity contribution in [2.75, 3.05) is 6.61 Å². The van der Waals surface area contributed by atoms with Crippen molar-refractivity contribution in [2.45, 2.75) is 33.1 Å². The monoisotopic (exact) mass is 365 g/mol. The second-order valence-corrected chi connectivity index (χ2v) is 7.03. The van der Waals surface area contributed by atoms with Gasteiger partial charge in [-0.1, -0.05) is 5.16 Å². The minimum Gasteiger partial charge on any atom is -0.396 e.